The van der Waals surface area contributed by atoms with Crippen LogP contribution in [0.25, 0.3) is 0 Å². The largest absolute Gasteiger partial charge is 0.383 e. The molecule has 4 nitrogen and oxygen atoms in total. The highest BCUT2D eigenvalue weighted by Crippen LogP contribution is 2.31. The molecule has 0 bridgehead atoms. The SMILES string of the molecule is Cc1cc(Cl)c(C(C)(C)CNc2ccc(C)c(C(C)(C)C)n2)nc1N. The molecule has 0 aromatic carbocycles. The highest BCUT2D eigenvalue weighted by atomic mass is 35.5. The maximum atomic E-state index is 6.41. The molecule has 0 amide bonds. The zero-order valence-electron chi connectivity index (χ0n) is 16.3. The van der Waals surface area contributed by atoms with Crippen molar-refractivity contribution in [3.05, 3.63) is 45.7 Å². The summed E-state index contributed by atoms with van der Waals surface area (Å²) < 4.78 is 0. The Morgan fingerprint density at radius 1 is 1.00 bits per heavy atom. The van der Waals surface area contributed by atoms with Crippen LogP contribution >= 0.6 is 11.6 Å². The summed E-state index contributed by atoms with van der Waals surface area (Å²) in [5.74, 6) is 1.38. The van der Waals surface area contributed by atoms with E-state index in [1.54, 1.807) is 0 Å². The van der Waals surface area contributed by atoms with Gasteiger partial charge in [-0.1, -0.05) is 52.3 Å². The minimum absolute atomic E-state index is 0.00750. The summed E-state index contributed by atoms with van der Waals surface area (Å²) in [6.45, 7) is 15.4. The Hall–Kier alpha value is -1.81. The first kappa shape index (κ1) is 19.5. The second-order valence-corrected chi connectivity index (χ2v) is 8.78. The first-order valence-electron chi connectivity index (χ1n) is 8.57. The van der Waals surface area contributed by atoms with E-state index in [2.05, 4.69) is 57.9 Å². The Kier molecular flexibility index (Phi) is 5.33. The lowest BCUT2D eigenvalue weighted by molar-refractivity contribution is 0.536. The number of nitrogen functional groups attached to an aromatic ring is 1. The van der Waals surface area contributed by atoms with Gasteiger partial charge >= 0.3 is 0 Å². The zero-order chi connectivity index (χ0) is 19.0. The molecule has 0 aliphatic carbocycles. The fraction of sp³-hybridized carbons (Fsp3) is 0.500. The molecule has 2 aromatic heterocycles. The van der Waals surface area contributed by atoms with Gasteiger partial charge in [-0.05, 0) is 37.1 Å². The van der Waals surface area contributed by atoms with Crippen LogP contribution in [0.1, 0.15) is 57.1 Å². The van der Waals surface area contributed by atoms with E-state index in [-0.39, 0.29) is 10.8 Å². The van der Waals surface area contributed by atoms with E-state index >= 15 is 0 Å². The molecule has 25 heavy (non-hydrogen) atoms. The van der Waals surface area contributed by atoms with Crippen molar-refractivity contribution >= 4 is 23.2 Å². The Bertz CT molecular complexity index is 776. The topological polar surface area (TPSA) is 63.8 Å². The van der Waals surface area contributed by atoms with Gasteiger partial charge in [0.15, 0.2) is 0 Å². The van der Waals surface area contributed by atoms with Crippen LogP contribution in [0, 0.1) is 13.8 Å². The number of anilines is 2. The average molecular weight is 361 g/mol. The second-order valence-electron chi connectivity index (χ2n) is 8.37. The van der Waals surface area contributed by atoms with Crippen LogP contribution in [0.15, 0.2) is 18.2 Å². The summed E-state index contributed by atoms with van der Waals surface area (Å²) in [4.78, 5) is 9.32. The summed E-state index contributed by atoms with van der Waals surface area (Å²) in [6.07, 6.45) is 0. The quantitative estimate of drug-likeness (QED) is 0.803. The number of rotatable bonds is 4. The van der Waals surface area contributed by atoms with Crippen molar-refractivity contribution < 1.29 is 0 Å². The lowest BCUT2D eigenvalue weighted by Crippen LogP contribution is -2.30. The van der Waals surface area contributed by atoms with E-state index in [1.165, 1.54) is 5.56 Å². The van der Waals surface area contributed by atoms with Crippen molar-refractivity contribution in [3.63, 3.8) is 0 Å². The average Bonchev–Trinajstić information content (AvgIpc) is 2.49. The van der Waals surface area contributed by atoms with Gasteiger partial charge in [-0.15, -0.1) is 0 Å². The normalized spacial score (nSPS) is 12.3. The number of hydrogen-bond acceptors (Lipinski definition) is 4. The number of nitrogens with zero attached hydrogens (tertiary/aromatic N) is 2. The maximum absolute atomic E-state index is 6.41. The van der Waals surface area contributed by atoms with E-state index in [1.807, 2.05) is 19.1 Å². The number of aryl methyl sites for hydroxylation is 2. The third kappa shape index (κ3) is 4.43. The van der Waals surface area contributed by atoms with Gasteiger partial charge in [0.2, 0.25) is 0 Å². The molecule has 0 spiro atoms. The molecule has 0 saturated carbocycles. The van der Waals surface area contributed by atoms with Crippen molar-refractivity contribution in [2.24, 2.45) is 0 Å². The van der Waals surface area contributed by atoms with Crippen molar-refractivity contribution in [2.75, 3.05) is 17.6 Å². The van der Waals surface area contributed by atoms with Crippen molar-refractivity contribution in [1.29, 1.82) is 0 Å². The summed E-state index contributed by atoms with van der Waals surface area (Å²) in [7, 11) is 0. The van der Waals surface area contributed by atoms with Crippen LogP contribution in [-0.4, -0.2) is 16.5 Å². The molecule has 3 N–H and O–H groups in total. The number of nitrogens with one attached hydrogen (secondary N) is 1. The third-order valence-corrected chi connectivity index (χ3v) is 4.65. The molecule has 2 heterocycles. The fourth-order valence-corrected chi connectivity index (χ4v) is 3.31. The number of halogens is 1. The van der Waals surface area contributed by atoms with Crippen molar-refractivity contribution in [1.82, 2.24) is 9.97 Å². The minimum atomic E-state index is -0.284. The van der Waals surface area contributed by atoms with Crippen LogP contribution < -0.4 is 11.1 Å². The number of nitrogens with two attached hydrogens (primary N) is 1. The number of pyridine rings is 2. The molecule has 2 rings (SSSR count). The summed E-state index contributed by atoms with van der Waals surface area (Å²) in [5.41, 5.74) is 9.70. The molecule has 0 fully saturated rings. The van der Waals surface area contributed by atoms with Crippen molar-refractivity contribution in [2.45, 2.75) is 59.3 Å². The third-order valence-electron chi connectivity index (χ3n) is 4.37. The highest BCUT2D eigenvalue weighted by Gasteiger charge is 2.26. The molecule has 0 aliphatic heterocycles. The maximum Gasteiger partial charge on any atom is 0.126 e. The first-order chi connectivity index (χ1) is 11.4. The minimum Gasteiger partial charge on any atom is -0.383 e. The smallest absolute Gasteiger partial charge is 0.126 e. The molecule has 0 aliphatic rings. The fourth-order valence-electron chi connectivity index (χ4n) is 2.85. The van der Waals surface area contributed by atoms with Gasteiger partial charge < -0.3 is 11.1 Å². The molecular formula is C20H29ClN4. The van der Waals surface area contributed by atoms with E-state index in [9.17, 15) is 0 Å². The standard InChI is InChI=1S/C20H29ClN4/c1-12-8-9-15(24-16(12)19(3,4)5)23-11-20(6,7)17-14(21)10-13(2)18(22)25-17/h8-10H,11H2,1-7H3,(H2,22,25)(H,23,24). The monoisotopic (exact) mass is 360 g/mol. The van der Waals surface area contributed by atoms with Gasteiger partial charge in [-0.3, -0.25) is 0 Å². The van der Waals surface area contributed by atoms with Gasteiger partial charge in [0.25, 0.3) is 0 Å². The summed E-state index contributed by atoms with van der Waals surface area (Å²) >= 11 is 6.41. The van der Waals surface area contributed by atoms with Gasteiger partial charge in [-0.2, -0.15) is 0 Å². The van der Waals surface area contributed by atoms with Gasteiger partial charge in [0.1, 0.15) is 11.6 Å². The molecular weight excluding hydrogens is 332 g/mol. The van der Waals surface area contributed by atoms with Crippen LogP contribution in [-0.2, 0) is 10.8 Å². The Labute approximate surface area is 156 Å². The van der Waals surface area contributed by atoms with Crippen molar-refractivity contribution in [3.8, 4) is 0 Å². The van der Waals surface area contributed by atoms with Crippen LogP contribution in [0.2, 0.25) is 5.02 Å². The van der Waals surface area contributed by atoms with Gasteiger partial charge in [0.05, 0.1) is 16.4 Å². The summed E-state index contributed by atoms with van der Waals surface area (Å²) in [5, 5.41) is 4.08. The number of aromatic nitrogens is 2. The molecule has 0 radical (unpaired) electrons. The van der Waals surface area contributed by atoms with Crippen LogP contribution in [0.5, 0.6) is 0 Å². The van der Waals surface area contributed by atoms with E-state index in [4.69, 9.17) is 22.3 Å². The lowest BCUT2D eigenvalue weighted by atomic mass is 9.88. The number of hydrogen-bond donors (Lipinski definition) is 2. The Balaban J connectivity index is 2.25. The Morgan fingerprint density at radius 3 is 2.24 bits per heavy atom. The predicted octanol–water partition coefficient (Wildman–Crippen LogP) is 5.02. The molecule has 136 valence electrons. The first-order valence-corrected chi connectivity index (χ1v) is 8.95. The van der Waals surface area contributed by atoms with E-state index < -0.39 is 0 Å². The highest BCUT2D eigenvalue weighted by molar-refractivity contribution is 6.31. The molecule has 2 aromatic rings. The molecule has 5 heteroatoms. The lowest BCUT2D eigenvalue weighted by Gasteiger charge is -2.27. The van der Waals surface area contributed by atoms with E-state index in [0.717, 1.165) is 22.8 Å². The van der Waals surface area contributed by atoms with Gasteiger partial charge in [-0.25, -0.2) is 9.97 Å². The summed E-state index contributed by atoms with van der Waals surface area (Å²) in [6, 6.07) is 6.00. The van der Waals surface area contributed by atoms with Crippen LogP contribution in [0.4, 0.5) is 11.6 Å². The zero-order valence-corrected chi connectivity index (χ0v) is 17.0. The molecule has 0 atom stereocenters. The second kappa shape index (κ2) is 6.83. The Morgan fingerprint density at radius 2 is 1.64 bits per heavy atom. The van der Waals surface area contributed by atoms with Gasteiger partial charge in [0, 0.05) is 17.4 Å². The molecule has 0 unspecified atom stereocenters. The molecule has 0 saturated heterocycles. The predicted molar refractivity (Wildman–Crippen MR) is 108 cm³/mol. The van der Waals surface area contributed by atoms with E-state index in [0.29, 0.717) is 17.4 Å². The van der Waals surface area contributed by atoms with Crippen LogP contribution in [0.3, 0.4) is 0 Å².